The molecule has 2 N–H and O–H groups in total. The van der Waals surface area contributed by atoms with Gasteiger partial charge in [-0.1, -0.05) is 24.3 Å². The predicted molar refractivity (Wildman–Crippen MR) is 153 cm³/mol. The van der Waals surface area contributed by atoms with Gasteiger partial charge < -0.3 is 19.9 Å². The maximum absolute atomic E-state index is 16.4. The number of rotatable bonds is 6. The van der Waals surface area contributed by atoms with E-state index in [1.54, 1.807) is 6.20 Å². The molecular formula is C30H34FN7O2. The summed E-state index contributed by atoms with van der Waals surface area (Å²) in [6.07, 6.45) is 6.05. The number of nitrogens with one attached hydrogen (secondary N) is 2. The monoisotopic (exact) mass is 543 g/mol. The number of ether oxygens (including phenoxy) is 1. The van der Waals surface area contributed by atoms with Crippen molar-refractivity contribution in [2.75, 3.05) is 31.1 Å². The van der Waals surface area contributed by atoms with Gasteiger partial charge in [-0.3, -0.25) is 14.7 Å². The average Bonchev–Trinajstić information content (AvgIpc) is 3.57. The lowest BCUT2D eigenvalue weighted by atomic mass is 10.1. The van der Waals surface area contributed by atoms with Gasteiger partial charge in [0.25, 0.3) is 0 Å². The molecule has 6 heterocycles. The second-order valence-corrected chi connectivity index (χ2v) is 11.6. The molecule has 2 unspecified atom stereocenters. The first kappa shape index (κ1) is 25.3. The number of nitrogens with zero attached hydrogens (tertiary/aromatic N) is 5. The van der Waals surface area contributed by atoms with Gasteiger partial charge in [0.2, 0.25) is 5.56 Å². The zero-order valence-electron chi connectivity index (χ0n) is 22.9. The van der Waals surface area contributed by atoms with Crippen molar-refractivity contribution in [2.45, 2.75) is 63.7 Å². The molecule has 10 heteroatoms. The highest BCUT2D eigenvalue weighted by Gasteiger charge is 2.34. The van der Waals surface area contributed by atoms with Crippen LogP contribution in [0.2, 0.25) is 0 Å². The quantitative estimate of drug-likeness (QED) is 0.378. The minimum Gasteiger partial charge on any atom is -0.462 e. The lowest BCUT2D eigenvalue weighted by Crippen LogP contribution is -2.51. The summed E-state index contributed by atoms with van der Waals surface area (Å²) in [6, 6.07) is 10.5. The van der Waals surface area contributed by atoms with Crippen LogP contribution < -0.4 is 20.5 Å². The molecule has 3 fully saturated rings. The topological polar surface area (TPSA) is 99.3 Å². The summed E-state index contributed by atoms with van der Waals surface area (Å²) < 4.78 is 22.7. The zero-order valence-corrected chi connectivity index (χ0v) is 22.9. The Labute approximate surface area is 231 Å². The van der Waals surface area contributed by atoms with Crippen molar-refractivity contribution in [1.29, 1.82) is 0 Å². The highest BCUT2D eigenvalue weighted by molar-refractivity contribution is 5.97. The third-order valence-electron chi connectivity index (χ3n) is 8.65. The van der Waals surface area contributed by atoms with E-state index in [0.29, 0.717) is 47.0 Å². The normalized spacial score (nSPS) is 23.1. The molecule has 0 spiro atoms. The van der Waals surface area contributed by atoms with Crippen LogP contribution >= 0.6 is 0 Å². The van der Waals surface area contributed by atoms with Gasteiger partial charge in [0.15, 0.2) is 5.82 Å². The molecule has 3 saturated heterocycles. The molecule has 0 radical (unpaired) electrons. The summed E-state index contributed by atoms with van der Waals surface area (Å²) in [5.41, 5.74) is 0.227. The fraction of sp³-hybridized carbons (Fsp3) is 0.467. The molecule has 3 aliphatic heterocycles. The molecule has 3 atom stereocenters. The van der Waals surface area contributed by atoms with Gasteiger partial charge in [-0.15, -0.1) is 0 Å². The van der Waals surface area contributed by atoms with Crippen molar-refractivity contribution in [1.82, 2.24) is 30.2 Å². The fourth-order valence-corrected chi connectivity index (χ4v) is 6.76. The molecule has 2 bridgehead atoms. The number of hydrogen-bond donors (Lipinski definition) is 2. The van der Waals surface area contributed by atoms with Crippen molar-refractivity contribution in [2.24, 2.45) is 0 Å². The Morgan fingerprint density at radius 2 is 1.90 bits per heavy atom. The lowest BCUT2D eigenvalue weighted by molar-refractivity contribution is 0.138. The summed E-state index contributed by atoms with van der Waals surface area (Å²) in [7, 11) is 0. The number of hydrogen-bond acceptors (Lipinski definition) is 8. The molecule has 4 aromatic rings. The van der Waals surface area contributed by atoms with Crippen molar-refractivity contribution in [3.8, 4) is 17.4 Å². The third-order valence-corrected chi connectivity index (χ3v) is 8.65. The molecule has 9 nitrogen and oxygen atoms in total. The van der Waals surface area contributed by atoms with E-state index in [1.165, 1.54) is 6.07 Å². The van der Waals surface area contributed by atoms with E-state index in [0.717, 1.165) is 50.7 Å². The molecule has 7 rings (SSSR count). The van der Waals surface area contributed by atoms with E-state index in [4.69, 9.17) is 9.72 Å². The first-order valence-corrected chi connectivity index (χ1v) is 14.3. The predicted octanol–water partition coefficient (Wildman–Crippen LogP) is 3.86. The number of aromatic amines is 1. The van der Waals surface area contributed by atoms with E-state index < -0.39 is 5.82 Å². The number of H-pyrrole nitrogens is 1. The van der Waals surface area contributed by atoms with Gasteiger partial charge in [0.05, 0.1) is 11.1 Å². The Kier molecular flexibility index (Phi) is 6.39. The molecule has 3 aliphatic rings. The Balaban J connectivity index is 1.34. The summed E-state index contributed by atoms with van der Waals surface area (Å²) in [5, 5.41) is 5.63. The Morgan fingerprint density at radius 3 is 2.70 bits per heavy atom. The molecule has 0 amide bonds. The maximum Gasteiger partial charge on any atom is 0.319 e. The van der Waals surface area contributed by atoms with Crippen molar-refractivity contribution in [3.05, 3.63) is 52.7 Å². The summed E-state index contributed by atoms with van der Waals surface area (Å²) >= 11 is 0. The molecule has 1 aromatic carbocycles. The number of fused-ring (bicyclic) bond motifs is 4. The number of pyridine rings is 2. The molecular weight excluding hydrogens is 509 g/mol. The van der Waals surface area contributed by atoms with Crippen LogP contribution in [-0.4, -0.2) is 75.2 Å². The van der Waals surface area contributed by atoms with E-state index in [-0.39, 0.29) is 28.8 Å². The second kappa shape index (κ2) is 10.1. The lowest BCUT2D eigenvalue weighted by Gasteiger charge is -2.34. The number of aromatic nitrogens is 4. The molecule has 3 aromatic heterocycles. The molecule has 0 aliphatic carbocycles. The van der Waals surface area contributed by atoms with Gasteiger partial charge in [0.1, 0.15) is 23.6 Å². The summed E-state index contributed by atoms with van der Waals surface area (Å²) in [5.74, 6) is 0.0516. The number of anilines is 1. The smallest absolute Gasteiger partial charge is 0.319 e. The number of likely N-dealkylation sites (tertiary alicyclic amines) is 1. The van der Waals surface area contributed by atoms with Crippen molar-refractivity contribution < 1.29 is 9.13 Å². The average molecular weight is 544 g/mol. The van der Waals surface area contributed by atoms with Crippen LogP contribution in [0.25, 0.3) is 33.1 Å². The first-order chi connectivity index (χ1) is 19.4. The number of piperazine rings is 1. The first-order valence-electron chi connectivity index (χ1n) is 14.3. The maximum atomic E-state index is 16.4. The minimum absolute atomic E-state index is 0.0548. The molecule has 0 saturated carbocycles. The fourth-order valence-electron chi connectivity index (χ4n) is 6.76. The number of benzene rings is 1. The van der Waals surface area contributed by atoms with Gasteiger partial charge in [-0.2, -0.15) is 9.97 Å². The van der Waals surface area contributed by atoms with Crippen LogP contribution in [0.15, 0.2) is 41.3 Å². The van der Waals surface area contributed by atoms with Crippen LogP contribution in [0.5, 0.6) is 6.01 Å². The summed E-state index contributed by atoms with van der Waals surface area (Å²) in [6.45, 7) is 7.46. The zero-order chi connectivity index (χ0) is 27.4. The van der Waals surface area contributed by atoms with Gasteiger partial charge in [0, 0.05) is 54.9 Å². The Hall–Kier alpha value is -3.63. The third kappa shape index (κ3) is 4.49. The highest BCUT2D eigenvalue weighted by Crippen LogP contribution is 2.35. The van der Waals surface area contributed by atoms with E-state index >= 15 is 4.39 Å². The van der Waals surface area contributed by atoms with Crippen LogP contribution in [0, 0.1) is 5.82 Å². The van der Waals surface area contributed by atoms with Crippen molar-refractivity contribution in [3.63, 3.8) is 0 Å². The van der Waals surface area contributed by atoms with Crippen LogP contribution in [0.3, 0.4) is 0 Å². The van der Waals surface area contributed by atoms with Crippen LogP contribution in [-0.2, 0) is 0 Å². The largest absolute Gasteiger partial charge is 0.462 e. The van der Waals surface area contributed by atoms with Crippen LogP contribution in [0.1, 0.15) is 39.5 Å². The standard InChI is InChI=1S/C30H34FN7O2/c1-17(2)38-11-5-7-21(38)16-40-30-35-26-23(29(36-30)37-14-19-9-10-20(15-37)33-19)13-32-28(25(26)31)27-22-8-4-3-6-18(22)12-24(39)34-27/h3-4,6,8,12-13,17,19-21,33H,5,7,9-11,14-16H2,1-2H3,(H,34,39)/t19?,20?,21-/m0/s1. The highest BCUT2D eigenvalue weighted by atomic mass is 19.1. The molecule has 208 valence electrons. The van der Waals surface area contributed by atoms with E-state index in [2.05, 4.69) is 43.9 Å². The van der Waals surface area contributed by atoms with Gasteiger partial charge in [-0.05, 0) is 51.5 Å². The minimum atomic E-state index is -0.596. The van der Waals surface area contributed by atoms with Gasteiger partial charge >= 0.3 is 6.01 Å². The molecule has 40 heavy (non-hydrogen) atoms. The van der Waals surface area contributed by atoms with Crippen molar-refractivity contribution >= 4 is 27.5 Å². The second-order valence-electron chi connectivity index (χ2n) is 11.6. The van der Waals surface area contributed by atoms with Crippen LogP contribution in [0.4, 0.5) is 10.2 Å². The summed E-state index contributed by atoms with van der Waals surface area (Å²) in [4.78, 5) is 33.9. The van der Waals surface area contributed by atoms with E-state index in [1.807, 2.05) is 24.3 Å². The SMILES string of the molecule is CC(C)N1CCC[C@H]1COc1nc(N2CC3CCC(C2)N3)c2cnc(-c3[nH]c(=O)cc4ccccc34)c(F)c2n1. The Bertz CT molecular complexity index is 1630. The van der Waals surface area contributed by atoms with Gasteiger partial charge in [-0.25, -0.2) is 4.39 Å². The number of halogens is 1. The van der Waals surface area contributed by atoms with E-state index in [9.17, 15) is 4.79 Å². The Morgan fingerprint density at radius 1 is 1.10 bits per heavy atom.